The number of nitrogens with zero attached hydrogens (tertiary/aromatic N) is 3. The Balaban J connectivity index is 1.55. The standard InChI is InChI=1S/C25H32N4O3S/c1-17(2)32-14-5-12-26-23(30)19-6-4-13-28(16-19)25-27-21-11-15-33-22(21)24(31)29(25)20-9-7-18(3)8-10-20/h7-11,15,17,19H,4-6,12-14,16H2,1-3H3,(H,26,30)/t19-/m1/s1. The molecule has 176 valence electrons. The lowest BCUT2D eigenvalue weighted by atomic mass is 9.97. The van der Waals surface area contributed by atoms with E-state index in [0.717, 1.165) is 37.1 Å². The highest BCUT2D eigenvalue weighted by Crippen LogP contribution is 2.26. The lowest BCUT2D eigenvalue weighted by Crippen LogP contribution is -2.45. The van der Waals surface area contributed by atoms with E-state index < -0.39 is 0 Å². The van der Waals surface area contributed by atoms with Crippen molar-refractivity contribution in [2.24, 2.45) is 5.92 Å². The van der Waals surface area contributed by atoms with Crippen molar-refractivity contribution < 1.29 is 9.53 Å². The van der Waals surface area contributed by atoms with Crippen molar-refractivity contribution in [2.75, 3.05) is 31.1 Å². The summed E-state index contributed by atoms with van der Waals surface area (Å²) < 4.78 is 7.89. The molecule has 1 aliphatic rings. The maximum atomic E-state index is 13.4. The first-order chi connectivity index (χ1) is 15.9. The maximum Gasteiger partial charge on any atom is 0.277 e. The first kappa shape index (κ1) is 23.4. The molecular formula is C25H32N4O3S. The van der Waals surface area contributed by atoms with Gasteiger partial charge in [-0.25, -0.2) is 9.55 Å². The van der Waals surface area contributed by atoms with Crippen molar-refractivity contribution in [3.63, 3.8) is 0 Å². The molecule has 0 radical (unpaired) electrons. The average molecular weight is 469 g/mol. The summed E-state index contributed by atoms with van der Waals surface area (Å²) in [6.07, 6.45) is 2.70. The minimum absolute atomic E-state index is 0.0603. The summed E-state index contributed by atoms with van der Waals surface area (Å²) >= 11 is 1.41. The summed E-state index contributed by atoms with van der Waals surface area (Å²) in [5.74, 6) is 0.536. The molecule has 1 saturated heterocycles. The molecule has 0 saturated carbocycles. The lowest BCUT2D eigenvalue weighted by molar-refractivity contribution is -0.125. The van der Waals surface area contributed by atoms with E-state index in [2.05, 4.69) is 10.2 Å². The van der Waals surface area contributed by atoms with Crippen LogP contribution in [-0.4, -0.2) is 47.8 Å². The number of rotatable bonds is 8. The highest BCUT2D eigenvalue weighted by Gasteiger charge is 2.29. The molecule has 33 heavy (non-hydrogen) atoms. The first-order valence-electron chi connectivity index (χ1n) is 11.7. The summed E-state index contributed by atoms with van der Waals surface area (Å²) in [6, 6.07) is 9.79. The number of anilines is 1. The zero-order chi connectivity index (χ0) is 23.4. The van der Waals surface area contributed by atoms with E-state index in [0.29, 0.717) is 35.9 Å². The zero-order valence-electron chi connectivity index (χ0n) is 19.5. The Labute approximate surface area is 198 Å². The van der Waals surface area contributed by atoms with E-state index in [-0.39, 0.29) is 23.5 Å². The molecule has 0 aliphatic carbocycles. The molecule has 1 aromatic carbocycles. The number of hydrogen-bond donors (Lipinski definition) is 1. The molecule has 1 atom stereocenters. The third-order valence-electron chi connectivity index (χ3n) is 5.90. The smallest absolute Gasteiger partial charge is 0.277 e. The van der Waals surface area contributed by atoms with Crippen LogP contribution in [0.3, 0.4) is 0 Å². The van der Waals surface area contributed by atoms with Crippen LogP contribution in [0.4, 0.5) is 5.95 Å². The van der Waals surface area contributed by atoms with Gasteiger partial charge >= 0.3 is 0 Å². The van der Waals surface area contributed by atoms with Crippen LogP contribution < -0.4 is 15.8 Å². The summed E-state index contributed by atoms with van der Waals surface area (Å²) in [4.78, 5) is 33.2. The van der Waals surface area contributed by atoms with Crippen LogP contribution >= 0.6 is 11.3 Å². The molecule has 0 spiro atoms. The number of hydrogen-bond acceptors (Lipinski definition) is 6. The predicted molar refractivity (Wildman–Crippen MR) is 134 cm³/mol. The number of piperidine rings is 1. The quantitative estimate of drug-likeness (QED) is 0.508. The second-order valence-corrected chi connectivity index (χ2v) is 9.79. The van der Waals surface area contributed by atoms with Crippen LogP contribution in [0.2, 0.25) is 0 Å². The van der Waals surface area contributed by atoms with Crippen molar-refractivity contribution in [1.29, 1.82) is 0 Å². The molecule has 3 aromatic rings. The van der Waals surface area contributed by atoms with Gasteiger partial charge in [0.05, 0.1) is 23.2 Å². The van der Waals surface area contributed by atoms with E-state index in [1.165, 1.54) is 11.3 Å². The van der Waals surface area contributed by atoms with Gasteiger partial charge in [-0.15, -0.1) is 11.3 Å². The average Bonchev–Trinajstić information content (AvgIpc) is 3.28. The lowest BCUT2D eigenvalue weighted by Gasteiger charge is -2.34. The van der Waals surface area contributed by atoms with Gasteiger partial charge in [0.15, 0.2) is 0 Å². The number of amides is 1. The third-order valence-corrected chi connectivity index (χ3v) is 6.79. The zero-order valence-corrected chi connectivity index (χ0v) is 20.4. The molecule has 3 heterocycles. The molecule has 1 fully saturated rings. The number of carbonyl (C=O) groups excluding carboxylic acids is 1. The maximum absolute atomic E-state index is 13.4. The number of nitrogens with one attached hydrogen (secondary N) is 1. The molecule has 0 bridgehead atoms. The Hall–Kier alpha value is -2.71. The first-order valence-corrected chi connectivity index (χ1v) is 12.5. The van der Waals surface area contributed by atoms with Gasteiger partial charge < -0.3 is 15.0 Å². The van der Waals surface area contributed by atoms with Crippen LogP contribution in [0.5, 0.6) is 0 Å². The number of carbonyl (C=O) groups is 1. The second kappa shape index (κ2) is 10.5. The number of fused-ring (bicyclic) bond motifs is 1. The predicted octanol–water partition coefficient (Wildman–Crippen LogP) is 3.90. The molecule has 1 amide bonds. The van der Waals surface area contributed by atoms with Gasteiger partial charge in [0.1, 0.15) is 4.70 Å². The van der Waals surface area contributed by atoms with Crippen molar-refractivity contribution in [1.82, 2.24) is 14.9 Å². The Morgan fingerprint density at radius 2 is 2.06 bits per heavy atom. The van der Waals surface area contributed by atoms with E-state index >= 15 is 0 Å². The van der Waals surface area contributed by atoms with E-state index in [1.54, 1.807) is 4.57 Å². The van der Waals surface area contributed by atoms with Gasteiger partial charge in [0, 0.05) is 26.2 Å². The summed E-state index contributed by atoms with van der Waals surface area (Å²) in [5, 5.41) is 4.96. The van der Waals surface area contributed by atoms with Crippen LogP contribution in [0.1, 0.15) is 38.7 Å². The van der Waals surface area contributed by atoms with Gasteiger partial charge in [0.2, 0.25) is 11.9 Å². The number of aryl methyl sites for hydroxylation is 1. The minimum atomic E-state index is -0.133. The second-order valence-electron chi connectivity index (χ2n) is 8.87. The third kappa shape index (κ3) is 5.45. The van der Waals surface area contributed by atoms with E-state index in [9.17, 15) is 9.59 Å². The van der Waals surface area contributed by atoms with Crippen molar-refractivity contribution in [3.05, 3.63) is 51.6 Å². The normalized spacial score (nSPS) is 16.5. The molecule has 4 rings (SSSR count). The molecule has 8 heteroatoms. The van der Waals surface area contributed by atoms with Gasteiger partial charge in [-0.2, -0.15) is 0 Å². The highest BCUT2D eigenvalue weighted by atomic mass is 32.1. The summed E-state index contributed by atoms with van der Waals surface area (Å²) in [7, 11) is 0. The van der Waals surface area contributed by atoms with Crippen LogP contribution in [-0.2, 0) is 9.53 Å². The molecule has 1 N–H and O–H groups in total. The van der Waals surface area contributed by atoms with E-state index in [1.807, 2.05) is 56.5 Å². The summed E-state index contributed by atoms with van der Waals surface area (Å²) in [5.41, 5.74) is 2.57. The van der Waals surface area contributed by atoms with Gasteiger partial charge in [-0.3, -0.25) is 9.59 Å². The van der Waals surface area contributed by atoms with Crippen molar-refractivity contribution in [2.45, 2.75) is 46.1 Å². The largest absolute Gasteiger partial charge is 0.379 e. The molecular weight excluding hydrogens is 436 g/mol. The number of ether oxygens (including phenoxy) is 1. The number of aromatic nitrogens is 2. The van der Waals surface area contributed by atoms with Crippen LogP contribution in [0, 0.1) is 12.8 Å². The number of benzene rings is 1. The van der Waals surface area contributed by atoms with Crippen molar-refractivity contribution >= 4 is 33.4 Å². The monoisotopic (exact) mass is 468 g/mol. The Morgan fingerprint density at radius 3 is 2.82 bits per heavy atom. The Morgan fingerprint density at radius 1 is 1.27 bits per heavy atom. The van der Waals surface area contributed by atoms with Crippen LogP contribution in [0.25, 0.3) is 15.9 Å². The Kier molecular flexibility index (Phi) is 7.45. The summed E-state index contributed by atoms with van der Waals surface area (Å²) in [6.45, 7) is 8.59. The van der Waals surface area contributed by atoms with Gasteiger partial charge in [-0.05, 0) is 63.6 Å². The van der Waals surface area contributed by atoms with Gasteiger partial charge in [-0.1, -0.05) is 17.7 Å². The molecule has 2 aromatic heterocycles. The van der Waals surface area contributed by atoms with E-state index in [4.69, 9.17) is 9.72 Å². The van der Waals surface area contributed by atoms with Gasteiger partial charge in [0.25, 0.3) is 5.56 Å². The highest BCUT2D eigenvalue weighted by molar-refractivity contribution is 7.17. The fraction of sp³-hybridized carbons (Fsp3) is 0.480. The fourth-order valence-electron chi connectivity index (χ4n) is 4.16. The Bertz CT molecular complexity index is 1150. The van der Waals surface area contributed by atoms with Crippen LogP contribution in [0.15, 0.2) is 40.5 Å². The molecule has 7 nitrogen and oxygen atoms in total. The fourth-order valence-corrected chi connectivity index (χ4v) is 4.92. The number of thiophene rings is 1. The van der Waals surface area contributed by atoms with Crippen molar-refractivity contribution in [3.8, 4) is 5.69 Å². The molecule has 0 unspecified atom stereocenters. The topological polar surface area (TPSA) is 76.5 Å². The molecule has 1 aliphatic heterocycles. The SMILES string of the molecule is Cc1ccc(-n2c(N3CCC[C@@H](C(=O)NCCCOC(C)C)C3)nc3ccsc3c2=O)cc1. The minimum Gasteiger partial charge on any atom is -0.379 e.